The van der Waals surface area contributed by atoms with Crippen LogP contribution in [0.1, 0.15) is 53.0 Å². The van der Waals surface area contributed by atoms with Crippen LogP contribution in [0.5, 0.6) is 0 Å². The molecule has 0 unspecified atom stereocenters. The van der Waals surface area contributed by atoms with Crippen molar-refractivity contribution in [3.8, 4) is 0 Å². The van der Waals surface area contributed by atoms with Crippen LogP contribution in [0.25, 0.3) is 0 Å². The summed E-state index contributed by atoms with van der Waals surface area (Å²) < 4.78 is 0. The Kier molecular flexibility index (Phi) is 11.6. The van der Waals surface area contributed by atoms with Gasteiger partial charge in [0.25, 0.3) is 0 Å². The Hall–Kier alpha value is -1.35. The van der Waals surface area contributed by atoms with E-state index in [9.17, 15) is 4.79 Å². The van der Waals surface area contributed by atoms with E-state index in [0.717, 1.165) is 49.7 Å². The fourth-order valence-corrected chi connectivity index (χ4v) is 3.22. The van der Waals surface area contributed by atoms with Crippen molar-refractivity contribution in [1.82, 2.24) is 15.5 Å². The van der Waals surface area contributed by atoms with Crippen LogP contribution in [0.4, 0.5) is 5.69 Å². The summed E-state index contributed by atoms with van der Waals surface area (Å²) >= 11 is 0. The predicted molar refractivity (Wildman–Crippen MR) is 133 cm³/mol. The molecule has 1 heterocycles. The zero-order valence-corrected chi connectivity index (χ0v) is 20.8. The van der Waals surface area contributed by atoms with Gasteiger partial charge in [0.05, 0.1) is 6.54 Å². The van der Waals surface area contributed by atoms with Crippen LogP contribution >= 0.6 is 24.0 Å². The van der Waals surface area contributed by atoms with Gasteiger partial charge < -0.3 is 20.9 Å². The van der Waals surface area contributed by atoms with Crippen molar-refractivity contribution in [1.29, 1.82) is 0 Å². The van der Waals surface area contributed by atoms with Crippen LogP contribution in [0.2, 0.25) is 0 Å². The Labute approximate surface area is 193 Å². The molecular weight excluding hydrogens is 477 g/mol. The molecule has 0 spiro atoms. The van der Waals surface area contributed by atoms with Crippen molar-refractivity contribution in [3.05, 3.63) is 29.8 Å². The molecule has 0 bridgehead atoms. The van der Waals surface area contributed by atoms with E-state index < -0.39 is 0 Å². The first-order valence-electron chi connectivity index (χ1n) is 10.6. The van der Waals surface area contributed by atoms with Gasteiger partial charge in [-0.15, -0.1) is 24.0 Å². The van der Waals surface area contributed by atoms with E-state index >= 15 is 0 Å². The predicted octanol–water partition coefficient (Wildman–Crippen LogP) is 3.83. The number of amides is 1. The summed E-state index contributed by atoms with van der Waals surface area (Å²) in [5.74, 6) is 0.890. The van der Waals surface area contributed by atoms with Gasteiger partial charge in [0.15, 0.2) is 5.96 Å². The van der Waals surface area contributed by atoms with Crippen molar-refractivity contribution < 1.29 is 4.79 Å². The van der Waals surface area contributed by atoms with Crippen molar-refractivity contribution in [3.63, 3.8) is 0 Å². The van der Waals surface area contributed by atoms with E-state index in [0.29, 0.717) is 18.6 Å². The molecule has 6 nitrogen and oxygen atoms in total. The smallest absolute Gasteiger partial charge is 0.226 e. The molecule has 0 atom stereocenters. The molecular formula is C22H38IN5O. The van der Waals surface area contributed by atoms with Crippen LogP contribution in [0.3, 0.4) is 0 Å². The minimum atomic E-state index is -0.0227. The third-order valence-corrected chi connectivity index (χ3v) is 5.11. The molecule has 1 saturated heterocycles. The minimum Gasteiger partial charge on any atom is -0.357 e. The van der Waals surface area contributed by atoms with Crippen LogP contribution in [-0.4, -0.2) is 48.5 Å². The fraction of sp³-hybridized carbons (Fsp3) is 0.636. The summed E-state index contributed by atoms with van der Waals surface area (Å²) in [6.07, 6.45) is 2.29. The highest BCUT2D eigenvalue weighted by atomic mass is 127. The van der Waals surface area contributed by atoms with Gasteiger partial charge in [-0.1, -0.05) is 26.0 Å². The standard InChI is InChI=1S/C22H37N5O.HI/c1-6-23-22(26-20-11-13-27(14-12-20)17(4)5)24-15-18-7-9-19(10-8-18)25-21(28)16(2)3;/h7-10,16-17,20H,6,11-15H2,1-5H3,(H,25,28)(H2,23,24,26);1H. The Bertz CT molecular complexity index is 637. The molecule has 7 heteroatoms. The highest BCUT2D eigenvalue weighted by Gasteiger charge is 2.21. The molecule has 0 radical (unpaired) electrons. The number of carbonyl (C=O) groups is 1. The molecule has 2 rings (SSSR count). The van der Waals surface area contributed by atoms with E-state index in [-0.39, 0.29) is 35.8 Å². The van der Waals surface area contributed by atoms with E-state index in [1.807, 2.05) is 38.1 Å². The first kappa shape index (κ1) is 25.7. The second-order valence-corrected chi connectivity index (χ2v) is 8.08. The van der Waals surface area contributed by atoms with E-state index in [1.165, 1.54) is 0 Å². The number of carbonyl (C=O) groups excluding carboxylic acids is 1. The SMILES string of the molecule is CCNC(=NCc1ccc(NC(=O)C(C)C)cc1)NC1CCN(C(C)C)CC1.I. The Balaban J connectivity index is 0.00000420. The van der Waals surface area contributed by atoms with Gasteiger partial charge in [-0.05, 0) is 51.3 Å². The quantitative estimate of drug-likeness (QED) is 0.294. The molecule has 1 fully saturated rings. The average molecular weight is 515 g/mol. The van der Waals surface area contributed by atoms with Crippen molar-refractivity contribution in [2.45, 2.75) is 66.1 Å². The Morgan fingerprint density at radius 2 is 1.76 bits per heavy atom. The number of anilines is 1. The fourth-order valence-electron chi connectivity index (χ4n) is 3.22. The number of guanidine groups is 1. The van der Waals surface area contributed by atoms with Gasteiger partial charge in [-0.2, -0.15) is 0 Å². The summed E-state index contributed by atoms with van der Waals surface area (Å²) in [6, 6.07) is 9.01. The van der Waals surface area contributed by atoms with Crippen molar-refractivity contribution in [2.75, 3.05) is 25.0 Å². The number of hydrogen-bond donors (Lipinski definition) is 3. The molecule has 0 aromatic heterocycles. The molecule has 0 saturated carbocycles. The van der Waals surface area contributed by atoms with Gasteiger partial charge >= 0.3 is 0 Å². The molecule has 1 aliphatic heterocycles. The van der Waals surface area contributed by atoms with Gasteiger partial charge in [0.1, 0.15) is 0 Å². The number of nitrogens with one attached hydrogen (secondary N) is 3. The minimum absolute atomic E-state index is 0. The molecule has 29 heavy (non-hydrogen) atoms. The Morgan fingerprint density at radius 3 is 2.28 bits per heavy atom. The van der Waals surface area contributed by atoms with Crippen LogP contribution in [0.15, 0.2) is 29.3 Å². The number of benzene rings is 1. The lowest BCUT2D eigenvalue weighted by Gasteiger charge is -2.35. The van der Waals surface area contributed by atoms with Gasteiger partial charge in [0, 0.05) is 43.3 Å². The average Bonchev–Trinajstić information content (AvgIpc) is 2.67. The first-order valence-corrected chi connectivity index (χ1v) is 10.6. The number of hydrogen-bond acceptors (Lipinski definition) is 3. The maximum atomic E-state index is 11.8. The van der Waals surface area contributed by atoms with E-state index in [1.54, 1.807) is 0 Å². The van der Waals surface area contributed by atoms with E-state index in [2.05, 4.69) is 41.6 Å². The summed E-state index contributed by atoms with van der Waals surface area (Å²) in [5.41, 5.74) is 1.95. The zero-order valence-electron chi connectivity index (χ0n) is 18.5. The summed E-state index contributed by atoms with van der Waals surface area (Å²) in [6.45, 7) is 14.1. The maximum Gasteiger partial charge on any atom is 0.226 e. The Morgan fingerprint density at radius 1 is 1.14 bits per heavy atom. The largest absolute Gasteiger partial charge is 0.357 e. The van der Waals surface area contributed by atoms with Crippen molar-refractivity contribution in [2.24, 2.45) is 10.9 Å². The first-order chi connectivity index (χ1) is 13.4. The highest BCUT2D eigenvalue weighted by molar-refractivity contribution is 14.0. The van der Waals surface area contributed by atoms with Crippen molar-refractivity contribution >= 4 is 41.5 Å². The molecule has 1 aromatic carbocycles. The molecule has 3 N–H and O–H groups in total. The monoisotopic (exact) mass is 515 g/mol. The van der Waals surface area contributed by atoms with Crippen LogP contribution < -0.4 is 16.0 Å². The summed E-state index contributed by atoms with van der Waals surface area (Å²) in [7, 11) is 0. The highest BCUT2D eigenvalue weighted by Crippen LogP contribution is 2.14. The van der Waals surface area contributed by atoms with Crippen LogP contribution in [-0.2, 0) is 11.3 Å². The third-order valence-electron chi connectivity index (χ3n) is 5.11. The number of nitrogens with zero attached hydrogens (tertiary/aromatic N) is 2. The van der Waals surface area contributed by atoms with Crippen LogP contribution in [0, 0.1) is 5.92 Å². The molecule has 0 aliphatic carbocycles. The zero-order chi connectivity index (χ0) is 20.5. The molecule has 1 aromatic rings. The number of rotatable bonds is 7. The van der Waals surface area contributed by atoms with Gasteiger partial charge in [-0.25, -0.2) is 4.99 Å². The summed E-state index contributed by atoms with van der Waals surface area (Å²) in [4.78, 5) is 19.1. The molecule has 164 valence electrons. The van der Waals surface area contributed by atoms with Gasteiger partial charge in [-0.3, -0.25) is 4.79 Å². The number of halogens is 1. The lowest BCUT2D eigenvalue weighted by atomic mass is 10.0. The second-order valence-electron chi connectivity index (χ2n) is 8.08. The maximum absolute atomic E-state index is 11.8. The number of piperidine rings is 1. The van der Waals surface area contributed by atoms with Gasteiger partial charge in [0.2, 0.25) is 5.91 Å². The molecule has 1 amide bonds. The normalized spacial score (nSPS) is 15.9. The topological polar surface area (TPSA) is 68.8 Å². The summed E-state index contributed by atoms with van der Waals surface area (Å²) in [5, 5.41) is 9.86. The lowest BCUT2D eigenvalue weighted by molar-refractivity contribution is -0.118. The second kappa shape index (κ2) is 13.1. The third kappa shape index (κ3) is 8.90. The number of aliphatic imine (C=N–C) groups is 1. The molecule has 1 aliphatic rings. The van der Waals surface area contributed by atoms with E-state index in [4.69, 9.17) is 4.99 Å². The lowest BCUT2D eigenvalue weighted by Crippen LogP contribution is -2.49. The number of likely N-dealkylation sites (tertiary alicyclic amines) is 1.